The van der Waals surface area contributed by atoms with Gasteiger partial charge in [-0.05, 0) is 36.9 Å². The van der Waals surface area contributed by atoms with Gasteiger partial charge in [0.05, 0.1) is 0 Å². The summed E-state index contributed by atoms with van der Waals surface area (Å²) in [6, 6.07) is 9.12. The average molecular weight is 287 g/mol. The molecule has 0 radical (unpaired) electrons. The number of nitrogens with one attached hydrogen (secondary N) is 1. The summed E-state index contributed by atoms with van der Waals surface area (Å²) in [5, 5.41) is 3.40. The van der Waals surface area contributed by atoms with Crippen LogP contribution in [0, 0.1) is 0 Å². The summed E-state index contributed by atoms with van der Waals surface area (Å²) >= 11 is 0. The Labute approximate surface area is 129 Å². The average Bonchev–Trinajstić information content (AvgIpc) is 2.49. The first-order valence-corrected chi connectivity index (χ1v) is 8.08. The number of Topliss-reactive ketones (excluding diaryl/α,β-unsaturated/α-hetero) is 1. The van der Waals surface area contributed by atoms with Gasteiger partial charge in [-0.25, -0.2) is 0 Å². The fourth-order valence-electron chi connectivity index (χ4n) is 2.27. The van der Waals surface area contributed by atoms with Crippen LogP contribution in [0.4, 0.5) is 0 Å². The van der Waals surface area contributed by atoms with Crippen LogP contribution in [0.5, 0.6) is 0 Å². The molecule has 0 aromatic heterocycles. The molecule has 2 rings (SSSR count). The highest BCUT2D eigenvalue weighted by atomic mass is 16.1. The lowest BCUT2D eigenvalue weighted by atomic mass is 10.00. The molecule has 1 aliphatic carbocycles. The van der Waals surface area contributed by atoms with Gasteiger partial charge < -0.3 is 5.32 Å². The molecule has 0 unspecified atom stereocenters. The lowest BCUT2D eigenvalue weighted by Gasteiger charge is -2.07. The second kappa shape index (κ2) is 10.3. The van der Waals surface area contributed by atoms with Crippen LogP contribution in [-0.4, -0.2) is 18.4 Å². The van der Waals surface area contributed by atoms with E-state index in [-0.39, 0.29) is 0 Å². The Balaban J connectivity index is 0.000000262. The van der Waals surface area contributed by atoms with Gasteiger partial charge >= 0.3 is 0 Å². The van der Waals surface area contributed by atoms with E-state index in [1.54, 1.807) is 0 Å². The zero-order valence-electron chi connectivity index (χ0n) is 13.5. The number of rotatable bonds is 5. The Morgan fingerprint density at radius 1 is 1.14 bits per heavy atom. The molecule has 0 bridgehead atoms. The van der Waals surface area contributed by atoms with Crippen molar-refractivity contribution < 1.29 is 4.79 Å². The smallest absolute Gasteiger partial charge is 0.132 e. The normalized spacial score (nSPS) is 14.5. The molecule has 0 aliphatic heterocycles. The molecule has 0 heterocycles. The van der Waals surface area contributed by atoms with E-state index in [1.165, 1.54) is 17.5 Å². The van der Waals surface area contributed by atoms with Crippen molar-refractivity contribution in [1.29, 1.82) is 0 Å². The summed E-state index contributed by atoms with van der Waals surface area (Å²) in [5.41, 5.74) is 2.56. The summed E-state index contributed by atoms with van der Waals surface area (Å²) in [7, 11) is 0. The first-order chi connectivity index (χ1) is 10.1. The zero-order valence-corrected chi connectivity index (χ0v) is 13.5. The van der Waals surface area contributed by atoms with E-state index < -0.39 is 0 Å². The summed E-state index contributed by atoms with van der Waals surface area (Å²) < 4.78 is 0. The van der Waals surface area contributed by atoms with Crippen molar-refractivity contribution in [1.82, 2.24) is 5.32 Å². The van der Waals surface area contributed by atoms with Crippen LogP contribution in [-0.2, 0) is 11.2 Å². The van der Waals surface area contributed by atoms with Gasteiger partial charge in [0.2, 0.25) is 0 Å². The van der Waals surface area contributed by atoms with Gasteiger partial charge in [-0.3, -0.25) is 4.79 Å². The van der Waals surface area contributed by atoms with Crippen molar-refractivity contribution in [2.45, 2.75) is 58.4 Å². The number of hydrogen-bond acceptors (Lipinski definition) is 2. The van der Waals surface area contributed by atoms with Crippen LogP contribution < -0.4 is 5.32 Å². The van der Waals surface area contributed by atoms with Gasteiger partial charge in [0, 0.05) is 18.9 Å². The molecule has 1 fully saturated rings. The number of ketones is 1. The third-order valence-corrected chi connectivity index (χ3v) is 3.59. The van der Waals surface area contributed by atoms with Crippen LogP contribution in [0.1, 0.15) is 57.1 Å². The molecule has 21 heavy (non-hydrogen) atoms. The summed E-state index contributed by atoms with van der Waals surface area (Å²) in [4.78, 5) is 10.5. The van der Waals surface area contributed by atoms with Gasteiger partial charge in [0.25, 0.3) is 0 Å². The molecule has 0 saturated heterocycles. The fraction of sp³-hybridized carbons (Fsp3) is 0.526. The molecule has 0 atom stereocenters. The maximum atomic E-state index is 10.5. The summed E-state index contributed by atoms with van der Waals surface area (Å²) in [6.07, 6.45) is 8.20. The van der Waals surface area contributed by atoms with Crippen molar-refractivity contribution in [3.05, 3.63) is 42.0 Å². The van der Waals surface area contributed by atoms with E-state index in [2.05, 4.69) is 50.0 Å². The molecule has 1 N–H and O–H groups in total. The fourth-order valence-corrected chi connectivity index (χ4v) is 2.27. The van der Waals surface area contributed by atoms with Gasteiger partial charge in [-0.1, -0.05) is 57.2 Å². The van der Waals surface area contributed by atoms with Crippen molar-refractivity contribution in [3.63, 3.8) is 0 Å². The summed E-state index contributed by atoms with van der Waals surface area (Å²) in [6.45, 7) is 9.12. The SMILES string of the molecule is C=Cc1ccc(CCNC(C)C)cc1.O=C1CCCCC1. The summed E-state index contributed by atoms with van der Waals surface area (Å²) in [5.74, 6) is 0.464. The number of hydrogen-bond donors (Lipinski definition) is 1. The molecule has 116 valence electrons. The molecule has 2 heteroatoms. The molecule has 1 aliphatic rings. The van der Waals surface area contributed by atoms with E-state index in [0.717, 1.165) is 38.6 Å². The lowest BCUT2D eigenvalue weighted by Crippen LogP contribution is -2.24. The number of carbonyl (C=O) groups excluding carboxylic acids is 1. The first-order valence-electron chi connectivity index (χ1n) is 8.08. The van der Waals surface area contributed by atoms with E-state index in [9.17, 15) is 4.79 Å². The maximum absolute atomic E-state index is 10.5. The number of carbonyl (C=O) groups is 1. The van der Waals surface area contributed by atoms with E-state index in [1.807, 2.05) is 6.08 Å². The largest absolute Gasteiger partial charge is 0.314 e. The third kappa shape index (κ3) is 8.46. The van der Waals surface area contributed by atoms with Crippen molar-refractivity contribution in [3.8, 4) is 0 Å². The Bertz CT molecular complexity index is 412. The van der Waals surface area contributed by atoms with Crippen LogP contribution in [0.2, 0.25) is 0 Å². The van der Waals surface area contributed by atoms with Crippen LogP contribution in [0.15, 0.2) is 30.8 Å². The van der Waals surface area contributed by atoms with E-state index in [4.69, 9.17) is 0 Å². The molecule has 0 spiro atoms. The first kappa shape index (κ1) is 17.6. The van der Waals surface area contributed by atoms with E-state index in [0.29, 0.717) is 11.8 Å². The second-order valence-electron chi connectivity index (χ2n) is 5.90. The highest BCUT2D eigenvalue weighted by Crippen LogP contribution is 2.12. The monoisotopic (exact) mass is 287 g/mol. The standard InChI is InChI=1S/C13H19N.C6H10O/c1-4-12-5-7-13(8-6-12)9-10-14-11(2)3;7-6-4-2-1-3-5-6/h4-8,11,14H,1,9-10H2,2-3H3;1-5H2. The number of benzene rings is 1. The Hall–Kier alpha value is -1.41. The van der Waals surface area contributed by atoms with Crippen LogP contribution in [0.3, 0.4) is 0 Å². The predicted octanol–water partition coefficient (Wildman–Crippen LogP) is 4.39. The molecule has 1 aromatic carbocycles. The highest BCUT2D eigenvalue weighted by Gasteiger charge is 2.06. The van der Waals surface area contributed by atoms with Crippen LogP contribution in [0.25, 0.3) is 6.08 Å². The Morgan fingerprint density at radius 3 is 2.19 bits per heavy atom. The van der Waals surface area contributed by atoms with Gasteiger partial charge in [0.1, 0.15) is 5.78 Å². The predicted molar refractivity (Wildman–Crippen MR) is 91.5 cm³/mol. The maximum Gasteiger partial charge on any atom is 0.132 e. The van der Waals surface area contributed by atoms with Gasteiger partial charge in [0.15, 0.2) is 0 Å². The minimum absolute atomic E-state index is 0.464. The van der Waals surface area contributed by atoms with Crippen LogP contribution >= 0.6 is 0 Å². The minimum Gasteiger partial charge on any atom is -0.314 e. The third-order valence-electron chi connectivity index (χ3n) is 3.59. The second-order valence-corrected chi connectivity index (χ2v) is 5.90. The minimum atomic E-state index is 0.464. The molecule has 1 aromatic rings. The van der Waals surface area contributed by atoms with E-state index >= 15 is 0 Å². The Kier molecular flexibility index (Phi) is 8.68. The zero-order chi connectivity index (χ0) is 15.5. The molecule has 0 amide bonds. The Morgan fingerprint density at radius 2 is 1.76 bits per heavy atom. The van der Waals surface area contributed by atoms with Gasteiger partial charge in [-0.2, -0.15) is 0 Å². The van der Waals surface area contributed by atoms with Crippen molar-refractivity contribution in [2.75, 3.05) is 6.54 Å². The topological polar surface area (TPSA) is 29.1 Å². The molecular weight excluding hydrogens is 258 g/mol. The van der Waals surface area contributed by atoms with Crippen molar-refractivity contribution >= 4 is 11.9 Å². The molecule has 1 saturated carbocycles. The van der Waals surface area contributed by atoms with Gasteiger partial charge in [-0.15, -0.1) is 0 Å². The lowest BCUT2D eigenvalue weighted by molar-refractivity contribution is -0.120. The molecular formula is C19H29NO. The quantitative estimate of drug-likeness (QED) is 0.870. The van der Waals surface area contributed by atoms with Crippen molar-refractivity contribution in [2.24, 2.45) is 0 Å². The molecule has 2 nitrogen and oxygen atoms in total. The highest BCUT2D eigenvalue weighted by molar-refractivity contribution is 5.78.